The third kappa shape index (κ3) is 9.64. The molecule has 0 N–H and O–H groups in total. The van der Waals surface area contributed by atoms with Gasteiger partial charge in [0.2, 0.25) is 0 Å². The lowest BCUT2D eigenvalue weighted by molar-refractivity contribution is -0.139. The normalized spacial score (nSPS) is 29.0. The molecule has 16 heteroatoms. The molecule has 2 aromatic rings. The van der Waals surface area contributed by atoms with Crippen molar-refractivity contribution < 1.29 is 46.9 Å². The first-order chi connectivity index (χ1) is 24.5. The summed E-state index contributed by atoms with van der Waals surface area (Å²) in [5, 5.41) is 0. The standard InChI is InChI=1S/C16H24BNO4.C12H24B2O4.C10H12BrNO2/c1-14(2)15(3,4)22-17(21-14)12-7-11(8-18-9-12)13-10-19-16(5,6)20-13;1-9(2)10(3,4)16-13(15-9)14-17-11(5,6)12(7,8)18-14;1-10(2)13-6-9(14-10)7-3-8(11)5-12-4-7/h7-9,13H,10H2,1-6H3;1-8H3;3-5,9H,6H2,1-2H3. The highest BCUT2D eigenvalue weighted by atomic mass is 79.9. The molecule has 2 atom stereocenters. The van der Waals surface area contributed by atoms with Gasteiger partial charge in [0, 0.05) is 45.8 Å². The summed E-state index contributed by atoms with van der Waals surface area (Å²) in [5.41, 5.74) is 0.781. The van der Waals surface area contributed by atoms with Crippen LogP contribution in [0, 0.1) is 0 Å². The molecule has 2 unspecified atom stereocenters. The van der Waals surface area contributed by atoms with E-state index in [0.717, 1.165) is 21.1 Å². The maximum absolute atomic E-state index is 6.07. The zero-order valence-corrected chi connectivity index (χ0v) is 36.7. The molecule has 5 saturated heterocycles. The van der Waals surface area contributed by atoms with Crippen molar-refractivity contribution in [3.05, 3.63) is 52.5 Å². The Balaban J connectivity index is 0.000000160. The van der Waals surface area contributed by atoms with Gasteiger partial charge in [-0.05, 0) is 133 Å². The molecule has 298 valence electrons. The van der Waals surface area contributed by atoms with E-state index < -0.39 is 32.7 Å². The van der Waals surface area contributed by atoms with Gasteiger partial charge in [-0.2, -0.15) is 0 Å². The lowest BCUT2D eigenvalue weighted by Crippen LogP contribution is -2.41. The number of halogens is 1. The molecule has 0 spiro atoms. The van der Waals surface area contributed by atoms with Crippen molar-refractivity contribution >= 4 is 42.5 Å². The molecule has 0 radical (unpaired) electrons. The van der Waals surface area contributed by atoms with Crippen LogP contribution in [0.3, 0.4) is 0 Å². The first kappa shape index (κ1) is 43.7. The summed E-state index contributed by atoms with van der Waals surface area (Å²) in [4.78, 5) is 8.42. The molecule has 5 aliphatic heterocycles. The van der Waals surface area contributed by atoms with Crippen molar-refractivity contribution in [3.63, 3.8) is 0 Å². The molecule has 7 rings (SSSR count). The molecule has 0 saturated carbocycles. The summed E-state index contributed by atoms with van der Waals surface area (Å²) >= 11 is 3.38. The highest BCUT2D eigenvalue weighted by Crippen LogP contribution is 2.43. The van der Waals surface area contributed by atoms with Crippen molar-refractivity contribution in [2.45, 2.75) is 168 Å². The van der Waals surface area contributed by atoms with Gasteiger partial charge in [-0.1, -0.05) is 6.07 Å². The maximum Gasteiger partial charge on any atom is 0.496 e. The topological polar surface area (TPSA) is 118 Å². The first-order valence-corrected chi connectivity index (χ1v) is 19.6. The average molecular weight is 817 g/mol. The fourth-order valence-corrected chi connectivity index (χ4v) is 6.45. The van der Waals surface area contributed by atoms with Gasteiger partial charge >= 0.3 is 21.1 Å². The van der Waals surface area contributed by atoms with Crippen LogP contribution < -0.4 is 5.46 Å². The van der Waals surface area contributed by atoms with Gasteiger partial charge < -0.3 is 46.9 Å². The molecule has 54 heavy (non-hydrogen) atoms. The first-order valence-electron chi connectivity index (χ1n) is 18.8. The van der Waals surface area contributed by atoms with E-state index in [-0.39, 0.29) is 45.8 Å². The summed E-state index contributed by atoms with van der Waals surface area (Å²) < 4.78 is 59.7. The van der Waals surface area contributed by atoms with Gasteiger partial charge in [-0.25, -0.2) is 0 Å². The monoisotopic (exact) mass is 816 g/mol. The number of pyridine rings is 2. The zero-order valence-electron chi connectivity index (χ0n) is 35.1. The van der Waals surface area contributed by atoms with Crippen molar-refractivity contribution in [3.8, 4) is 0 Å². The number of hydrogen-bond donors (Lipinski definition) is 0. The smallest absolute Gasteiger partial charge is 0.405 e. The Hall–Kier alpha value is -1.43. The third-order valence-electron chi connectivity index (χ3n) is 11.6. The largest absolute Gasteiger partial charge is 0.496 e. The summed E-state index contributed by atoms with van der Waals surface area (Å²) in [6, 6.07) is 4.03. The minimum absolute atomic E-state index is 0.00463. The molecule has 12 nitrogen and oxygen atoms in total. The maximum atomic E-state index is 6.07. The van der Waals surface area contributed by atoms with E-state index in [1.54, 1.807) is 18.6 Å². The molecule has 0 aliphatic carbocycles. The van der Waals surface area contributed by atoms with E-state index >= 15 is 0 Å². The Morgan fingerprint density at radius 2 is 0.852 bits per heavy atom. The Labute approximate surface area is 332 Å². The Kier molecular flexibility index (Phi) is 12.2. The number of ether oxygens (including phenoxy) is 4. The number of rotatable bonds is 4. The van der Waals surface area contributed by atoms with Crippen molar-refractivity contribution in [2.75, 3.05) is 13.2 Å². The molecule has 5 aliphatic rings. The zero-order chi connectivity index (χ0) is 40.3. The van der Waals surface area contributed by atoms with Crippen LogP contribution in [-0.4, -0.2) is 89.5 Å². The second-order valence-electron chi connectivity index (χ2n) is 18.5. The molecule has 7 heterocycles. The van der Waals surface area contributed by atoms with E-state index in [2.05, 4.69) is 25.9 Å². The minimum Gasteiger partial charge on any atom is -0.405 e. The highest BCUT2D eigenvalue weighted by molar-refractivity contribution is 9.10. The number of aromatic nitrogens is 2. The van der Waals surface area contributed by atoms with Gasteiger partial charge in [-0.3, -0.25) is 9.97 Å². The SMILES string of the molecule is CC1(C)OB(B2OC(C)(C)C(C)(C)O2)OC1(C)C.CC1(C)OCC(c2cncc(B3OC(C)(C)C(C)(C)O3)c2)O1.CC1(C)OCC(c2cncc(Br)c2)O1. The van der Waals surface area contributed by atoms with Crippen LogP contribution in [0.2, 0.25) is 0 Å². The molecular weight excluding hydrogens is 757 g/mol. The predicted molar refractivity (Wildman–Crippen MR) is 212 cm³/mol. The Morgan fingerprint density at radius 1 is 0.500 bits per heavy atom. The van der Waals surface area contributed by atoms with Crippen molar-refractivity contribution in [2.24, 2.45) is 0 Å². The van der Waals surface area contributed by atoms with Crippen LogP contribution in [0.25, 0.3) is 0 Å². The van der Waals surface area contributed by atoms with E-state index in [1.165, 1.54) is 0 Å². The molecule has 0 amide bonds. The molecule has 2 aromatic heterocycles. The summed E-state index contributed by atoms with van der Waals surface area (Å²) in [6.07, 6.45) is 7.04. The highest BCUT2D eigenvalue weighted by Gasteiger charge is 2.63. The lowest BCUT2D eigenvalue weighted by atomic mass is 9.49. The van der Waals surface area contributed by atoms with E-state index in [0.29, 0.717) is 13.2 Å². The Morgan fingerprint density at radius 3 is 1.20 bits per heavy atom. The molecular formula is C38H60B3BrN2O10. The van der Waals surface area contributed by atoms with Crippen molar-refractivity contribution in [1.82, 2.24) is 9.97 Å². The predicted octanol–water partition coefficient (Wildman–Crippen LogP) is 7.12. The average Bonchev–Trinajstić information content (AvgIpc) is 3.76. The summed E-state index contributed by atoms with van der Waals surface area (Å²) in [5.74, 6) is -1.03. The van der Waals surface area contributed by atoms with Gasteiger partial charge in [0.1, 0.15) is 12.2 Å². The van der Waals surface area contributed by atoms with E-state index in [4.69, 9.17) is 46.9 Å². The fraction of sp³-hybridized carbons (Fsp3) is 0.737. The van der Waals surface area contributed by atoms with E-state index in [9.17, 15) is 0 Å². The van der Waals surface area contributed by atoms with Crippen LogP contribution in [0.1, 0.15) is 134 Å². The fourth-order valence-electron chi connectivity index (χ4n) is 6.07. The van der Waals surface area contributed by atoms with Gasteiger partial charge in [0.25, 0.3) is 0 Å². The molecule has 5 fully saturated rings. The van der Waals surface area contributed by atoms with Crippen molar-refractivity contribution in [1.29, 1.82) is 0 Å². The minimum atomic E-state index is -0.551. The number of hydrogen-bond acceptors (Lipinski definition) is 12. The van der Waals surface area contributed by atoms with Crippen LogP contribution >= 0.6 is 15.9 Å². The van der Waals surface area contributed by atoms with Gasteiger partial charge in [-0.15, -0.1) is 0 Å². The molecule has 0 aromatic carbocycles. The quantitative estimate of drug-likeness (QED) is 0.293. The number of nitrogens with zero attached hydrogens (tertiary/aromatic N) is 2. The third-order valence-corrected chi connectivity index (χ3v) is 12.0. The molecule has 0 bridgehead atoms. The van der Waals surface area contributed by atoms with Crippen LogP contribution in [-0.2, 0) is 46.9 Å². The second kappa shape index (κ2) is 15.1. The van der Waals surface area contributed by atoms with Crippen LogP contribution in [0.15, 0.2) is 41.4 Å². The second-order valence-corrected chi connectivity index (χ2v) is 19.4. The van der Waals surface area contributed by atoms with Gasteiger partial charge in [0.15, 0.2) is 11.6 Å². The van der Waals surface area contributed by atoms with Crippen LogP contribution in [0.4, 0.5) is 0 Å². The summed E-state index contributed by atoms with van der Waals surface area (Å²) in [6.45, 7) is 33.2. The van der Waals surface area contributed by atoms with E-state index in [1.807, 2.05) is 129 Å². The van der Waals surface area contributed by atoms with Gasteiger partial charge in [0.05, 0.1) is 46.8 Å². The van der Waals surface area contributed by atoms with Crippen LogP contribution in [0.5, 0.6) is 0 Å². The summed E-state index contributed by atoms with van der Waals surface area (Å²) in [7, 11) is -1.36. The Bertz CT molecular complexity index is 1560. The lowest BCUT2D eigenvalue weighted by Gasteiger charge is -2.32.